The number of carbonyl (C=O) groups is 1. The molecule has 0 aliphatic heterocycles. The molecular weight excluding hydrogens is 294 g/mol. The van der Waals surface area contributed by atoms with Crippen LogP contribution in [0.3, 0.4) is 0 Å². The van der Waals surface area contributed by atoms with Crippen LogP contribution in [0.5, 0.6) is 0 Å². The Balaban J connectivity index is 2.78. The number of nitrogens with one attached hydrogen (secondary N) is 1. The summed E-state index contributed by atoms with van der Waals surface area (Å²) >= 11 is 2.99. The Morgan fingerprint density at radius 2 is 2.18 bits per heavy atom. The molecule has 0 fully saturated rings. The average Bonchev–Trinajstić information content (AvgIpc) is 2.23. The summed E-state index contributed by atoms with van der Waals surface area (Å²) in [5.74, 6) is -1.86. The van der Waals surface area contributed by atoms with Gasteiger partial charge in [0.25, 0.3) is 0 Å². The van der Waals surface area contributed by atoms with Gasteiger partial charge in [0.1, 0.15) is 5.82 Å². The van der Waals surface area contributed by atoms with Crippen molar-refractivity contribution in [3.8, 4) is 0 Å². The van der Waals surface area contributed by atoms with Crippen LogP contribution in [-0.4, -0.2) is 12.5 Å². The second-order valence-electron chi connectivity index (χ2n) is 3.84. The van der Waals surface area contributed by atoms with Crippen LogP contribution in [0.4, 0.5) is 14.5 Å². The van der Waals surface area contributed by atoms with Gasteiger partial charge in [0.2, 0.25) is 5.91 Å². The van der Waals surface area contributed by atoms with E-state index in [0.717, 1.165) is 6.07 Å². The first kappa shape index (κ1) is 14.1. The largest absolute Gasteiger partial charge is 0.330 e. The lowest BCUT2D eigenvalue weighted by molar-refractivity contribution is -0.116. The maximum absolute atomic E-state index is 13.4. The molecule has 1 atom stereocenters. The van der Waals surface area contributed by atoms with Gasteiger partial charge in [-0.1, -0.05) is 6.92 Å². The third-order valence-electron chi connectivity index (χ3n) is 2.21. The second kappa shape index (κ2) is 6.07. The van der Waals surface area contributed by atoms with Crippen molar-refractivity contribution in [1.29, 1.82) is 0 Å². The van der Waals surface area contributed by atoms with Crippen molar-refractivity contribution in [2.75, 3.05) is 11.9 Å². The molecule has 0 radical (unpaired) electrons. The second-order valence-corrected chi connectivity index (χ2v) is 4.69. The van der Waals surface area contributed by atoms with E-state index in [2.05, 4.69) is 21.2 Å². The molecule has 1 rings (SSSR count). The summed E-state index contributed by atoms with van der Waals surface area (Å²) in [6, 6.07) is 1.80. The van der Waals surface area contributed by atoms with E-state index < -0.39 is 11.6 Å². The van der Waals surface area contributed by atoms with Gasteiger partial charge in [-0.25, -0.2) is 8.78 Å². The molecule has 0 saturated carbocycles. The highest BCUT2D eigenvalue weighted by atomic mass is 79.9. The van der Waals surface area contributed by atoms with E-state index in [4.69, 9.17) is 5.73 Å². The van der Waals surface area contributed by atoms with E-state index in [9.17, 15) is 13.6 Å². The lowest BCUT2D eigenvalue weighted by Crippen LogP contribution is -2.20. The van der Waals surface area contributed by atoms with E-state index in [1.54, 1.807) is 0 Å². The van der Waals surface area contributed by atoms with Crippen molar-refractivity contribution < 1.29 is 13.6 Å². The molecule has 1 unspecified atom stereocenters. The van der Waals surface area contributed by atoms with Crippen LogP contribution in [0, 0.1) is 17.6 Å². The van der Waals surface area contributed by atoms with Gasteiger partial charge >= 0.3 is 0 Å². The summed E-state index contributed by atoms with van der Waals surface area (Å²) in [4.78, 5) is 11.5. The van der Waals surface area contributed by atoms with Crippen molar-refractivity contribution >= 4 is 27.5 Å². The molecule has 1 aromatic rings. The average molecular weight is 307 g/mol. The van der Waals surface area contributed by atoms with Gasteiger partial charge in [0.05, 0.1) is 5.69 Å². The van der Waals surface area contributed by atoms with Gasteiger partial charge in [-0.05, 0) is 34.5 Å². The fourth-order valence-corrected chi connectivity index (χ4v) is 1.76. The molecule has 6 heteroatoms. The van der Waals surface area contributed by atoms with Gasteiger partial charge in [-0.3, -0.25) is 4.79 Å². The molecule has 0 saturated heterocycles. The summed E-state index contributed by atoms with van der Waals surface area (Å²) in [5, 5.41) is 2.39. The Kier molecular flexibility index (Phi) is 5.02. The predicted molar refractivity (Wildman–Crippen MR) is 65.5 cm³/mol. The molecule has 1 aromatic carbocycles. The lowest BCUT2D eigenvalue weighted by atomic mass is 10.1. The highest BCUT2D eigenvalue weighted by Crippen LogP contribution is 2.27. The highest BCUT2D eigenvalue weighted by molar-refractivity contribution is 9.10. The number of amides is 1. The Bertz CT molecular complexity index is 403. The van der Waals surface area contributed by atoms with Crippen LogP contribution in [0.15, 0.2) is 16.6 Å². The zero-order valence-electron chi connectivity index (χ0n) is 9.27. The summed E-state index contributed by atoms with van der Waals surface area (Å²) in [6.45, 7) is 2.19. The van der Waals surface area contributed by atoms with Crippen LogP contribution in [-0.2, 0) is 4.79 Å². The molecule has 3 nitrogen and oxygen atoms in total. The number of anilines is 1. The molecule has 0 heterocycles. The molecule has 17 heavy (non-hydrogen) atoms. The minimum Gasteiger partial charge on any atom is -0.330 e. The predicted octanol–water partition coefficient (Wildman–Crippen LogP) is 2.65. The van der Waals surface area contributed by atoms with Crippen molar-refractivity contribution in [3.63, 3.8) is 0 Å². The molecule has 0 aliphatic carbocycles. The Labute approximate surface area is 107 Å². The Morgan fingerprint density at radius 3 is 2.71 bits per heavy atom. The summed E-state index contributed by atoms with van der Waals surface area (Å²) in [7, 11) is 0. The van der Waals surface area contributed by atoms with E-state index in [-0.39, 0.29) is 28.4 Å². The normalized spacial score (nSPS) is 12.3. The first-order valence-electron chi connectivity index (χ1n) is 5.08. The molecule has 0 aliphatic rings. The lowest BCUT2D eigenvalue weighted by Gasteiger charge is -2.11. The number of nitrogens with two attached hydrogens (primary N) is 1. The summed E-state index contributed by atoms with van der Waals surface area (Å²) in [6.07, 6.45) is 0.194. The van der Waals surface area contributed by atoms with Crippen molar-refractivity contribution in [1.82, 2.24) is 0 Å². The van der Waals surface area contributed by atoms with Crippen LogP contribution in [0.25, 0.3) is 0 Å². The van der Waals surface area contributed by atoms with Crippen molar-refractivity contribution in [2.24, 2.45) is 11.7 Å². The minimum atomic E-state index is -0.814. The standard InChI is InChI=1S/C11H13BrF2N2O/c1-6(5-15)2-10(17)16-11-8(12)3-7(13)4-9(11)14/h3-4,6H,2,5,15H2,1H3,(H,16,17). The van der Waals surface area contributed by atoms with Crippen molar-refractivity contribution in [3.05, 3.63) is 28.2 Å². The zero-order chi connectivity index (χ0) is 13.0. The summed E-state index contributed by atoms with van der Waals surface area (Å²) < 4.78 is 26.4. The maximum Gasteiger partial charge on any atom is 0.224 e. The SMILES string of the molecule is CC(CN)CC(=O)Nc1c(F)cc(F)cc1Br. The third kappa shape index (κ3) is 4.05. The molecule has 0 aromatic heterocycles. The molecule has 3 N–H and O–H groups in total. The van der Waals surface area contributed by atoms with E-state index >= 15 is 0 Å². The maximum atomic E-state index is 13.4. The highest BCUT2D eigenvalue weighted by Gasteiger charge is 2.14. The Morgan fingerprint density at radius 1 is 1.53 bits per heavy atom. The topological polar surface area (TPSA) is 55.1 Å². The molecule has 1 amide bonds. The first-order chi connectivity index (χ1) is 7.93. The minimum absolute atomic E-state index is 0.0114. The van der Waals surface area contributed by atoms with Gasteiger partial charge in [0, 0.05) is 17.0 Å². The number of hydrogen-bond donors (Lipinski definition) is 2. The number of rotatable bonds is 4. The van der Waals surface area contributed by atoms with E-state index in [0.29, 0.717) is 12.6 Å². The molecule has 0 bridgehead atoms. The monoisotopic (exact) mass is 306 g/mol. The molecule has 0 spiro atoms. The fourth-order valence-electron chi connectivity index (χ4n) is 1.25. The smallest absolute Gasteiger partial charge is 0.224 e. The molecular formula is C11H13BrF2N2O. The fraction of sp³-hybridized carbons (Fsp3) is 0.364. The van der Waals surface area contributed by atoms with Gasteiger partial charge in [-0.2, -0.15) is 0 Å². The number of carbonyl (C=O) groups excluding carboxylic acids is 1. The number of benzene rings is 1. The van der Waals surface area contributed by atoms with E-state index in [1.165, 1.54) is 0 Å². The first-order valence-corrected chi connectivity index (χ1v) is 5.87. The van der Waals surface area contributed by atoms with Crippen LogP contribution in [0.2, 0.25) is 0 Å². The Hall–Kier alpha value is -1.01. The number of halogens is 3. The third-order valence-corrected chi connectivity index (χ3v) is 2.83. The quantitative estimate of drug-likeness (QED) is 0.898. The number of hydrogen-bond acceptors (Lipinski definition) is 2. The molecule has 94 valence electrons. The van der Waals surface area contributed by atoms with E-state index in [1.807, 2.05) is 6.92 Å². The zero-order valence-corrected chi connectivity index (χ0v) is 10.9. The van der Waals surface area contributed by atoms with Gasteiger partial charge in [0.15, 0.2) is 5.82 Å². The summed E-state index contributed by atoms with van der Waals surface area (Å²) in [5.41, 5.74) is 5.33. The van der Waals surface area contributed by atoms with Crippen molar-refractivity contribution in [2.45, 2.75) is 13.3 Å². The van der Waals surface area contributed by atoms with Crippen LogP contribution >= 0.6 is 15.9 Å². The van der Waals surface area contributed by atoms with Gasteiger partial charge < -0.3 is 11.1 Å². The van der Waals surface area contributed by atoms with Crippen LogP contribution in [0.1, 0.15) is 13.3 Å². The van der Waals surface area contributed by atoms with Crippen LogP contribution < -0.4 is 11.1 Å². The van der Waals surface area contributed by atoms with Gasteiger partial charge in [-0.15, -0.1) is 0 Å².